The van der Waals surface area contributed by atoms with Gasteiger partial charge in [0.25, 0.3) is 0 Å². The summed E-state index contributed by atoms with van der Waals surface area (Å²) in [7, 11) is 4.54. The van der Waals surface area contributed by atoms with Gasteiger partial charge < -0.3 is 9.80 Å². The van der Waals surface area contributed by atoms with E-state index in [-0.39, 0.29) is 0 Å². The smallest absolute Gasteiger partial charge is 0.0367 e. The Balaban J connectivity index is 0.000000921. The first-order valence-corrected chi connectivity index (χ1v) is 11.9. The minimum absolute atomic E-state index is 0.719. The third kappa shape index (κ3) is 8.53. The Labute approximate surface area is 176 Å². The summed E-state index contributed by atoms with van der Waals surface area (Å²) in [6, 6.07) is 11.6. The van der Waals surface area contributed by atoms with Crippen molar-refractivity contribution in [2.75, 3.05) is 51.7 Å². The maximum atomic E-state index is 2.69. The lowest BCUT2D eigenvalue weighted by atomic mass is 9.84. The highest BCUT2D eigenvalue weighted by atomic mass is 15.3. The predicted molar refractivity (Wildman–Crippen MR) is 126 cm³/mol. The highest BCUT2D eigenvalue weighted by Crippen LogP contribution is 2.28. The maximum absolute atomic E-state index is 2.69. The van der Waals surface area contributed by atoms with Crippen molar-refractivity contribution in [3.05, 3.63) is 30.3 Å². The number of para-hydroxylation sites is 1. The molecule has 162 valence electrons. The van der Waals surface area contributed by atoms with Gasteiger partial charge in [-0.15, -0.1) is 0 Å². The molecule has 0 N–H and O–H groups in total. The van der Waals surface area contributed by atoms with Crippen LogP contribution in [-0.4, -0.2) is 62.7 Å². The van der Waals surface area contributed by atoms with Crippen molar-refractivity contribution in [3.63, 3.8) is 0 Å². The predicted octanol–water partition coefficient (Wildman–Crippen LogP) is 5.76. The monoisotopic (exact) mass is 389 g/mol. The molecule has 3 rings (SSSR count). The number of anilines is 1. The molecule has 1 unspecified atom stereocenters. The van der Waals surface area contributed by atoms with E-state index in [2.05, 4.69) is 59.1 Å². The van der Waals surface area contributed by atoms with Crippen LogP contribution in [0.5, 0.6) is 0 Å². The zero-order chi connectivity index (χ0) is 20.8. The summed E-state index contributed by atoms with van der Waals surface area (Å²) in [6.45, 7) is 14.0. The van der Waals surface area contributed by atoms with Gasteiger partial charge in [-0.05, 0) is 38.6 Å². The lowest BCUT2D eigenvalue weighted by Gasteiger charge is -2.40. The minimum atomic E-state index is 0.719. The van der Waals surface area contributed by atoms with Crippen molar-refractivity contribution in [1.82, 2.24) is 9.80 Å². The highest BCUT2D eigenvalue weighted by molar-refractivity contribution is 5.46. The van der Waals surface area contributed by atoms with Gasteiger partial charge in [0.2, 0.25) is 0 Å². The molecular formula is C25H47N3. The van der Waals surface area contributed by atoms with Crippen LogP contribution in [0, 0.1) is 5.92 Å². The topological polar surface area (TPSA) is 9.72 Å². The van der Waals surface area contributed by atoms with Crippen molar-refractivity contribution in [1.29, 1.82) is 0 Å². The van der Waals surface area contributed by atoms with E-state index >= 15 is 0 Å². The second kappa shape index (κ2) is 14.9. The fourth-order valence-electron chi connectivity index (χ4n) is 4.38. The molecule has 1 aromatic carbocycles. The van der Waals surface area contributed by atoms with Crippen LogP contribution in [0.1, 0.15) is 66.2 Å². The SMILES string of the molecule is CC.CC.CN(C)C(CC1CCCCC1)CN1CCN(c2ccccc2)CC1. The van der Waals surface area contributed by atoms with Gasteiger partial charge >= 0.3 is 0 Å². The van der Waals surface area contributed by atoms with E-state index in [1.165, 1.54) is 63.8 Å². The van der Waals surface area contributed by atoms with Gasteiger partial charge in [0.05, 0.1) is 0 Å². The average Bonchev–Trinajstić information content (AvgIpc) is 2.78. The summed E-state index contributed by atoms with van der Waals surface area (Å²) in [4.78, 5) is 7.69. The summed E-state index contributed by atoms with van der Waals surface area (Å²) < 4.78 is 0. The summed E-state index contributed by atoms with van der Waals surface area (Å²) in [5.74, 6) is 0.969. The molecule has 0 amide bonds. The van der Waals surface area contributed by atoms with Crippen LogP contribution in [0.3, 0.4) is 0 Å². The molecule has 3 nitrogen and oxygen atoms in total. The summed E-state index contributed by atoms with van der Waals surface area (Å²) in [5.41, 5.74) is 1.38. The first-order valence-electron chi connectivity index (χ1n) is 11.9. The highest BCUT2D eigenvalue weighted by Gasteiger charge is 2.24. The number of benzene rings is 1. The van der Waals surface area contributed by atoms with E-state index in [0.29, 0.717) is 0 Å². The summed E-state index contributed by atoms with van der Waals surface area (Å²) in [6.07, 6.45) is 8.70. The molecule has 1 aliphatic carbocycles. The maximum Gasteiger partial charge on any atom is 0.0367 e. The third-order valence-electron chi connectivity index (χ3n) is 6.02. The van der Waals surface area contributed by atoms with Gasteiger partial charge in [-0.2, -0.15) is 0 Å². The second-order valence-electron chi connectivity index (χ2n) is 7.98. The van der Waals surface area contributed by atoms with Crippen LogP contribution in [0.25, 0.3) is 0 Å². The number of hydrogen-bond acceptors (Lipinski definition) is 3. The molecule has 0 radical (unpaired) electrons. The molecule has 1 aromatic rings. The molecule has 1 aliphatic heterocycles. The van der Waals surface area contributed by atoms with Gasteiger partial charge in [0.1, 0.15) is 0 Å². The fraction of sp³-hybridized carbons (Fsp3) is 0.760. The minimum Gasteiger partial charge on any atom is -0.369 e. The molecular weight excluding hydrogens is 342 g/mol. The van der Waals surface area contributed by atoms with Crippen molar-refractivity contribution in [2.24, 2.45) is 5.92 Å². The number of likely N-dealkylation sites (N-methyl/N-ethyl adjacent to an activating group) is 1. The number of nitrogens with zero attached hydrogens (tertiary/aromatic N) is 3. The largest absolute Gasteiger partial charge is 0.369 e. The first-order chi connectivity index (χ1) is 13.7. The second-order valence-corrected chi connectivity index (χ2v) is 7.98. The molecule has 1 saturated carbocycles. The van der Waals surface area contributed by atoms with E-state index in [0.717, 1.165) is 25.0 Å². The Morgan fingerprint density at radius 3 is 1.96 bits per heavy atom. The van der Waals surface area contributed by atoms with Crippen LogP contribution >= 0.6 is 0 Å². The first kappa shape index (κ1) is 25.0. The standard InChI is InChI=1S/C21H35N3.2C2H6/c1-22(2)21(17-19-9-5-3-6-10-19)18-23-13-15-24(16-14-23)20-11-7-4-8-12-20;2*1-2/h4,7-8,11-12,19,21H,3,5-6,9-10,13-18H2,1-2H3;2*1-2H3. The molecule has 2 fully saturated rings. The van der Waals surface area contributed by atoms with Crippen LogP contribution in [0.15, 0.2) is 30.3 Å². The summed E-state index contributed by atoms with van der Waals surface area (Å²) in [5, 5.41) is 0. The molecule has 1 atom stereocenters. The number of piperazine rings is 1. The van der Waals surface area contributed by atoms with Crippen molar-refractivity contribution in [3.8, 4) is 0 Å². The lowest BCUT2D eigenvalue weighted by Crippen LogP contribution is -2.51. The van der Waals surface area contributed by atoms with Crippen LogP contribution in [0.2, 0.25) is 0 Å². The van der Waals surface area contributed by atoms with E-state index in [4.69, 9.17) is 0 Å². The molecule has 3 heteroatoms. The summed E-state index contributed by atoms with van der Waals surface area (Å²) >= 11 is 0. The van der Waals surface area contributed by atoms with Crippen LogP contribution in [0.4, 0.5) is 5.69 Å². The lowest BCUT2D eigenvalue weighted by molar-refractivity contribution is 0.145. The van der Waals surface area contributed by atoms with Crippen LogP contribution < -0.4 is 4.90 Å². The van der Waals surface area contributed by atoms with E-state index in [1.54, 1.807) is 0 Å². The molecule has 0 aromatic heterocycles. The average molecular weight is 390 g/mol. The van der Waals surface area contributed by atoms with E-state index in [1.807, 2.05) is 27.7 Å². The van der Waals surface area contributed by atoms with E-state index in [9.17, 15) is 0 Å². The Kier molecular flexibility index (Phi) is 13.3. The van der Waals surface area contributed by atoms with Crippen molar-refractivity contribution >= 4 is 5.69 Å². The Morgan fingerprint density at radius 2 is 1.43 bits per heavy atom. The van der Waals surface area contributed by atoms with Gasteiger partial charge in [0.15, 0.2) is 0 Å². The van der Waals surface area contributed by atoms with Crippen molar-refractivity contribution < 1.29 is 0 Å². The Morgan fingerprint density at radius 1 is 0.857 bits per heavy atom. The zero-order valence-corrected chi connectivity index (χ0v) is 19.7. The molecule has 1 saturated heterocycles. The van der Waals surface area contributed by atoms with Crippen molar-refractivity contribution in [2.45, 2.75) is 72.3 Å². The molecule has 0 spiro atoms. The molecule has 28 heavy (non-hydrogen) atoms. The van der Waals surface area contributed by atoms with Crippen LogP contribution in [-0.2, 0) is 0 Å². The number of rotatable bonds is 6. The third-order valence-corrected chi connectivity index (χ3v) is 6.02. The fourth-order valence-corrected chi connectivity index (χ4v) is 4.38. The quantitative estimate of drug-likeness (QED) is 0.612. The van der Waals surface area contributed by atoms with Gasteiger partial charge in [-0.3, -0.25) is 4.90 Å². The Hall–Kier alpha value is -1.06. The molecule has 0 bridgehead atoms. The van der Waals surface area contributed by atoms with E-state index < -0.39 is 0 Å². The number of hydrogen-bond donors (Lipinski definition) is 0. The Bertz CT molecular complexity index is 460. The van der Waals surface area contributed by atoms with Gasteiger partial charge in [-0.25, -0.2) is 0 Å². The zero-order valence-electron chi connectivity index (χ0n) is 19.7. The molecule has 2 aliphatic rings. The van der Waals surface area contributed by atoms with Gasteiger partial charge in [-0.1, -0.05) is 78.0 Å². The van der Waals surface area contributed by atoms with Gasteiger partial charge in [0, 0.05) is 44.5 Å². The normalized spacial score (nSPS) is 19.3. The molecule has 1 heterocycles.